The summed E-state index contributed by atoms with van der Waals surface area (Å²) in [6, 6.07) is 2.40. The molecule has 1 aromatic heterocycles. The minimum absolute atomic E-state index is 0.0813. The van der Waals surface area contributed by atoms with Crippen molar-refractivity contribution < 1.29 is 4.79 Å². The van der Waals surface area contributed by atoms with Crippen molar-refractivity contribution in [3.05, 3.63) is 18.5 Å². The largest absolute Gasteiger partial charge is 0.352 e. The molecule has 1 unspecified atom stereocenters. The topological polar surface area (TPSA) is 59.0 Å². The van der Waals surface area contributed by atoms with Gasteiger partial charge in [-0.2, -0.15) is 5.10 Å². The summed E-state index contributed by atoms with van der Waals surface area (Å²) in [5.41, 5.74) is 0. The molecule has 0 aliphatic heterocycles. The highest BCUT2D eigenvalue weighted by Gasteiger charge is 2.07. The Balaban J connectivity index is 2.17. The molecule has 0 saturated heterocycles. The van der Waals surface area contributed by atoms with Crippen LogP contribution >= 0.6 is 0 Å². The number of rotatable bonds is 7. The third-order valence-electron chi connectivity index (χ3n) is 2.33. The Morgan fingerprint density at radius 3 is 2.76 bits per heavy atom. The fourth-order valence-electron chi connectivity index (χ4n) is 1.56. The van der Waals surface area contributed by atoms with Crippen molar-refractivity contribution in [2.24, 2.45) is 0 Å². The van der Waals surface area contributed by atoms with Gasteiger partial charge in [-0.3, -0.25) is 9.48 Å². The van der Waals surface area contributed by atoms with E-state index in [2.05, 4.69) is 29.6 Å². The Labute approximate surface area is 103 Å². The van der Waals surface area contributed by atoms with E-state index in [0.29, 0.717) is 19.0 Å². The van der Waals surface area contributed by atoms with Gasteiger partial charge in [-0.25, -0.2) is 0 Å². The van der Waals surface area contributed by atoms with Crippen LogP contribution in [-0.2, 0) is 11.3 Å². The molecule has 0 aliphatic rings. The lowest BCUT2D eigenvalue weighted by molar-refractivity contribution is -0.121. The van der Waals surface area contributed by atoms with E-state index >= 15 is 0 Å². The van der Waals surface area contributed by atoms with E-state index in [1.54, 1.807) is 6.20 Å². The van der Waals surface area contributed by atoms with E-state index in [-0.39, 0.29) is 11.9 Å². The molecule has 2 N–H and O–H groups in total. The van der Waals surface area contributed by atoms with Crippen LogP contribution in [0.25, 0.3) is 0 Å². The summed E-state index contributed by atoms with van der Waals surface area (Å²) >= 11 is 0. The zero-order chi connectivity index (χ0) is 12.7. The molecule has 17 heavy (non-hydrogen) atoms. The van der Waals surface area contributed by atoms with Crippen LogP contribution in [0.5, 0.6) is 0 Å². The van der Waals surface area contributed by atoms with E-state index in [4.69, 9.17) is 0 Å². The first kappa shape index (κ1) is 13.7. The SMILES string of the molecule is CC(C)NCCC(=O)NC(C)Cn1cccn1. The van der Waals surface area contributed by atoms with Gasteiger partial charge in [-0.1, -0.05) is 13.8 Å². The van der Waals surface area contributed by atoms with E-state index < -0.39 is 0 Å². The normalized spacial score (nSPS) is 12.7. The van der Waals surface area contributed by atoms with Crippen molar-refractivity contribution in [3.63, 3.8) is 0 Å². The molecule has 96 valence electrons. The lowest BCUT2D eigenvalue weighted by Crippen LogP contribution is -2.37. The van der Waals surface area contributed by atoms with Crippen molar-refractivity contribution in [2.75, 3.05) is 6.54 Å². The van der Waals surface area contributed by atoms with E-state index in [9.17, 15) is 4.79 Å². The van der Waals surface area contributed by atoms with Crippen LogP contribution < -0.4 is 10.6 Å². The molecule has 0 aliphatic carbocycles. The third kappa shape index (κ3) is 6.06. The fourth-order valence-corrected chi connectivity index (χ4v) is 1.56. The molecular formula is C12H22N4O. The Hall–Kier alpha value is -1.36. The molecule has 0 saturated carbocycles. The van der Waals surface area contributed by atoms with Gasteiger partial charge in [0.25, 0.3) is 0 Å². The molecular weight excluding hydrogens is 216 g/mol. The molecule has 1 rings (SSSR count). The Morgan fingerprint density at radius 2 is 2.18 bits per heavy atom. The zero-order valence-electron chi connectivity index (χ0n) is 10.8. The molecule has 0 aromatic carbocycles. The molecule has 1 atom stereocenters. The molecule has 1 aromatic rings. The Morgan fingerprint density at radius 1 is 1.41 bits per heavy atom. The van der Waals surface area contributed by atoms with Crippen molar-refractivity contribution in [1.29, 1.82) is 0 Å². The number of hydrogen-bond acceptors (Lipinski definition) is 3. The Bertz CT molecular complexity index is 321. The van der Waals surface area contributed by atoms with Gasteiger partial charge in [0, 0.05) is 37.4 Å². The highest BCUT2D eigenvalue weighted by Crippen LogP contribution is 1.91. The van der Waals surface area contributed by atoms with Crippen LogP contribution in [0.2, 0.25) is 0 Å². The summed E-state index contributed by atoms with van der Waals surface area (Å²) in [6.07, 6.45) is 4.14. The maximum absolute atomic E-state index is 11.6. The van der Waals surface area contributed by atoms with Crippen LogP contribution in [0.15, 0.2) is 18.5 Å². The molecule has 5 nitrogen and oxygen atoms in total. The predicted molar refractivity (Wildman–Crippen MR) is 67.6 cm³/mol. The number of nitrogens with one attached hydrogen (secondary N) is 2. The third-order valence-corrected chi connectivity index (χ3v) is 2.33. The first-order valence-corrected chi connectivity index (χ1v) is 6.08. The number of hydrogen-bond donors (Lipinski definition) is 2. The summed E-state index contributed by atoms with van der Waals surface area (Å²) in [5, 5.41) is 10.3. The zero-order valence-corrected chi connectivity index (χ0v) is 10.8. The van der Waals surface area contributed by atoms with Gasteiger partial charge in [0.05, 0.1) is 6.54 Å². The average Bonchev–Trinajstić information content (AvgIpc) is 2.69. The second-order valence-electron chi connectivity index (χ2n) is 4.56. The van der Waals surface area contributed by atoms with Crippen LogP contribution in [-0.4, -0.2) is 34.3 Å². The van der Waals surface area contributed by atoms with Crippen molar-refractivity contribution >= 4 is 5.91 Å². The molecule has 0 bridgehead atoms. The van der Waals surface area contributed by atoms with Gasteiger partial charge in [0.2, 0.25) is 5.91 Å². The van der Waals surface area contributed by atoms with Gasteiger partial charge in [-0.15, -0.1) is 0 Å². The number of nitrogens with zero attached hydrogens (tertiary/aromatic N) is 2. The smallest absolute Gasteiger partial charge is 0.221 e. The average molecular weight is 238 g/mol. The first-order chi connectivity index (χ1) is 8.08. The van der Waals surface area contributed by atoms with Crippen LogP contribution in [0.3, 0.4) is 0 Å². The van der Waals surface area contributed by atoms with Gasteiger partial charge >= 0.3 is 0 Å². The molecule has 0 radical (unpaired) electrons. The number of aromatic nitrogens is 2. The highest BCUT2D eigenvalue weighted by atomic mass is 16.1. The van der Waals surface area contributed by atoms with Gasteiger partial charge < -0.3 is 10.6 Å². The summed E-state index contributed by atoms with van der Waals surface area (Å²) in [6.45, 7) is 7.54. The highest BCUT2D eigenvalue weighted by molar-refractivity contribution is 5.76. The van der Waals surface area contributed by atoms with Crippen LogP contribution in [0.1, 0.15) is 27.2 Å². The van der Waals surface area contributed by atoms with Crippen LogP contribution in [0.4, 0.5) is 0 Å². The standard InChI is InChI=1S/C12H22N4O/c1-10(2)13-7-5-12(17)15-11(3)9-16-8-4-6-14-16/h4,6,8,10-11,13H,5,7,9H2,1-3H3,(H,15,17). The molecule has 1 heterocycles. The lowest BCUT2D eigenvalue weighted by atomic mass is 10.3. The molecule has 0 fully saturated rings. The maximum Gasteiger partial charge on any atom is 0.221 e. The number of carbonyl (C=O) groups excluding carboxylic acids is 1. The lowest BCUT2D eigenvalue weighted by Gasteiger charge is -2.14. The monoisotopic (exact) mass is 238 g/mol. The van der Waals surface area contributed by atoms with Gasteiger partial charge in [0.15, 0.2) is 0 Å². The summed E-state index contributed by atoms with van der Waals surface area (Å²) < 4.78 is 1.82. The number of carbonyl (C=O) groups is 1. The minimum atomic E-state index is 0.0813. The Kier molecular flexibility index (Phi) is 5.69. The van der Waals surface area contributed by atoms with E-state index in [0.717, 1.165) is 6.54 Å². The maximum atomic E-state index is 11.6. The van der Waals surface area contributed by atoms with Crippen molar-refractivity contribution in [2.45, 2.75) is 45.8 Å². The molecule has 1 amide bonds. The van der Waals surface area contributed by atoms with Gasteiger partial charge in [-0.05, 0) is 13.0 Å². The minimum Gasteiger partial charge on any atom is -0.352 e. The first-order valence-electron chi connectivity index (χ1n) is 6.08. The molecule has 0 spiro atoms. The second kappa shape index (κ2) is 7.06. The number of amides is 1. The predicted octanol–water partition coefficient (Wildman–Crippen LogP) is 0.776. The molecule has 5 heteroatoms. The van der Waals surface area contributed by atoms with E-state index in [1.807, 2.05) is 23.9 Å². The quantitative estimate of drug-likeness (QED) is 0.738. The summed E-state index contributed by atoms with van der Waals surface area (Å²) in [5.74, 6) is 0.0813. The van der Waals surface area contributed by atoms with Gasteiger partial charge in [0.1, 0.15) is 0 Å². The summed E-state index contributed by atoms with van der Waals surface area (Å²) in [4.78, 5) is 11.6. The van der Waals surface area contributed by atoms with E-state index in [1.165, 1.54) is 0 Å². The van der Waals surface area contributed by atoms with Crippen LogP contribution in [0, 0.1) is 0 Å². The summed E-state index contributed by atoms with van der Waals surface area (Å²) in [7, 11) is 0. The van der Waals surface area contributed by atoms with Crippen molar-refractivity contribution in [1.82, 2.24) is 20.4 Å². The second-order valence-corrected chi connectivity index (χ2v) is 4.56. The van der Waals surface area contributed by atoms with Crippen molar-refractivity contribution in [3.8, 4) is 0 Å². The fraction of sp³-hybridized carbons (Fsp3) is 0.667.